The number of amides is 1. The first-order valence-electron chi connectivity index (χ1n) is 11.7. The summed E-state index contributed by atoms with van der Waals surface area (Å²) in [6, 6.07) is 10.0. The van der Waals surface area contributed by atoms with Crippen LogP contribution in [-0.4, -0.2) is 33.8 Å². The van der Waals surface area contributed by atoms with E-state index in [2.05, 4.69) is 29.2 Å². The third kappa shape index (κ3) is 4.25. The number of fused-ring (bicyclic) bond motifs is 1. The lowest BCUT2D eigenvalue weighted by molar-refractivity contribution is -0.117. The maximum absolute atomic E-state index is 13.4. The number of carbonyl (C=O) groups excluding carboxylic acids is 1. The lowest BCUT2D eigenvalue weighted by atomic mass is 10.0. The fraction of sp³-hybridized carbons (Fsp3) is 0.360. The van der Waals surface area contributed by atoms with E-state index >= 15 is 0 Å². The number of anilines is 2. The van der Waals surface area contributed by atoms with Crippen LogP contribution >= 0.6 is 22.7 Å². The summed E-state index contributed by atoms with van der Waals surface area (Å²) in [5.74, 6) is -0.267. The molecule has 1 aromatic carbocycles. The zero-order valence-corrected chi connectivity index (χ0v) is 21.0. The third-order valence-electron chi connectivity index (χ3n) is 6.18. The molecule has 1 saturated heterocycles. The largest absolute Gasteiger partial charge is 0.348 e. The van der Waals surface area contributed by atoms with Gasteiger partial charge in [-0.25, -0.2) is 9.67 Å². The van der Waals surface area contributed by atoms with E-state index in [0.29, 0.717) is 11.2 Å². The van der Waals surface area contributed by atoms with Gasteiger partial charge in [0.2, 0.25) is 5.91 Å². The van der Waals surface area contributed by atoms with Gasteiger partial charge in [0.25, 0.3) is 5.56 Å². The maximum Gasteiger partial charge on any atom is 0.294 e. The Labute approximate surface area is 206 Å². The van der Waals surface area contributed by atoms with Crippen molar-refractivity contribution in [2.24, 2.45) is 0 Å². The maximum atomic E-state index is 13.4. The summed E-state index contributed by atoms with van der Waals surface area (Å²) < 4.78 is 2.05. The topological polar surface area (TPSA) is 80.1 Å². The Bertz CT molecular complexity index is 1360. The van der Waals surface area contributed by atoms with Crippen LogP contribution in [0.15, 0.2) is 40.5 Å². The number of carbonyl (C=O) groups is 1. The number of thiazole rings is 1. The van der Waals surface area contributed by atoms with Crippen molar-refractivity contribution in [2.75, 3.05) is 23.3 Å². The average Bonchev–Trinajstić information content (AvgIpc) is 3.62. The molecule has 1 aliphatic heterocycles. The number of hydrogen-bond acceptors (Lipinski definition) is 7. The van der Waals surface area contributed by atoms with Gasteiger partial charge in [0.05, 0.1) is 9.58 Å². The number of benzene rings is 1. The van der Waals surface area contributed by atoms with Crippen molar-refractivity contribution in [1.82, 2.24) is 14.8 Å². The van der Waals surface area contributed by atoms with Crippen LogP contribution in [0.1, 0.15) is 37.8 Å². The quantitative estimate of drug-likeness (QED) is 0.394. The number of aryl methyl sites for hydroxylation is 2. The molecule has 0 atom stereocenters. The van der Waals surface area contributed by atoms with E-state index in [0.717, 1.165) is 70.3 Å². The van der Waals surface area contributed by atoms with Crippen molar-refractivity contribution in [3.8, 4) is 10.6 Å². The van der Waals surface area contributed by atoms with E-state index in [9.17, 15) is 9.59 Å². The van der Waals surface area contributed by atoms with E-state index in [1.54, 1.807) is 11.3 Å². The van der Waals surface area contributed by atoms with E-state index in [1.807, 2.05) is 35.7 Å². The number of hydrogen-bond donors (Lipinski definition) is 1. The molecule has 9 heteroatoms. The number of rotatable bonds is 7. The molecule has 1 N–H and O–H groups in total. The number of para-hydroxylation sites is 1. The Balaban J connectivity index is 1.53. The van der Waals surface area contributed by atoms with Gasteiger partial charge in [0.1, 0.15) is 12.2 Å². The van der Waals surface area contributed by atoms with Gasteiger partial charge in [-0.2, -0.15) is 5.10 Å². The molecule has 0 bridgehead atoms. The summed E-state index contributed by atoms with van der Waals surface area (Å²) in [7, 11) is 0. The van der Waals surface area contributed by atoms with Crippen LogP contribution in [0.25, 0.3) is 20.8 Å². The molecule has 5 rings (SSSR count). The highest BCUT2D eigenvalue weighted by Crippen LogP contribution is 2.36. The van der Waals surface area contributed by atoms with Crippen LogP contribution in [0.4, 0.5) is 10.8 Å². The summed E-state index contributed by atoms with van der Waals surface area (Å²) in [5, 5.41) is 10.5. The van der Waals surface area contributed by atoms with Crippen molar-refractivity contribution < 1.29 is 4.79 Å². The fourth-order valence-corrected chi connectivity index (χ4v) is 6.28. The molecule has 1 aliphatic rings. The zero-order valence-electron chi connectivity index (χ0n) is 19.3. The molecular weight excluding hydrogens is 466 g/mol. The Morgan fingerprint density at radius 2 is 1.82 bits per heavy atom. The predicted octanol–water partition coefficient (Wildman–Crippen LogP) is 4.95. The summed E-state index contributed by atoms with van der Waals surface area (Å²) >= 11 is 3.08. The molecule has 176 valence electrons. The van der Waals surface area contributed by atoms with E-state index < -0.39 is 0 Å². The van der Waals surface area contributed by atoms with Gasteiger partial charge < -0.3 is 10.2 Å². The van der Waals surface area contributed by atoms with Gasteiger partial charge in [0, 0.05) is 18.8 Å². The van der Waals surface area contributed by atoms with Gasteiger partial charge in [-0.3, -0.25) is 9.59 Å². The SMILES string of the molecule is CCc1cccc(CC)c1NC(=O)Cn1nc(-c2cccs2)c2sc(N3CCCC3)nc2c1=O. The predicted molar refractivity (Wildman–Crippen MR) is 140 cm³/mol. The normalized spacial score (nSPS) is 13.6. The first-order valence-corrected chi connectivity index (χ1v) is 13.4. The number of nitrogens with one attached hydrogen (secondary N) is 1. The molecule has 3 aromatic heterocycles. The van der Waals surface area contributed by atoms with E-state index in [4.69, 9.17) is 4.98 Å². The molecule has 0 radical (unpaired) electrons. The zero-order chi connectivity index (χ0) is 23.7. The van der Waals surface area contributed by atoms with Crippen LogP contribution < -0.4 is 15.8 Å². The smallest absolute Gasteiger partial charge is 0.294 e. The molecular formula is C25H27N5O2S2. The van der Waals surface area contributed by atoms with Crippen LogP contribution in [0.2, 0.25) is 0 Å². The molecule has 1 fully saturated rings. The summed E-state index contributed by atoms with van der Waals surface area (Å²) in [6.45, 7) is 5.88. The number of nitrogens with zero attached hydrogens (tertiary/aromatic N) is 4. The first-order chi connectivity index (χ1) is 16.6. The van der Waals surface area contributed by atoms with Crippen molar-refractivity contribution in [3.05, 3.63) is 57.2 Å². The number of thiophene rings is 1. The Kier molecular flexibility index (Phi) is 6.47. The van der Waals surface area contributed by atoms with Crippen LogP contribution in [0, 0.1) is 0 Å². The van der Waals surface area contributed by atoms with Gasteiger partial charge in [-0.15, -0.1) is 11.3 Å². The summed E-state index contributed by atoms with van der Waals surface area (Å²) in [4.78, 5) is 34.4. The second kappa shape index (κ2) is 9.68. The highest BCUT2D eigenvalue weighted by molar-refractivity contribution is 7.23. The van der Waals surface area contributed by atoms with Crippen LogP contribution in [0.3, 0.4) is 0 Å². The fourth-order valence-electron chi connectivity index (χ4n) is 4.39. The van der Waals surface area contributed by atoms with E-state index in [-0.39, 0.29) is 18.0 Å². The minimum absolute atomic E-state index is 0.162. The number of aromatic nitrogens is 3. The Morgan fingerprint density at radius 3 is 2.47 bits per heavy atom. The average molecular weight is 494 g/mol. The molecule has 4 aromatic rings. The van der Waals surface area contributed by atoms with Crippen LogP contribution in [0.5, 0.6) is 0 Å². The lowest BCUT2D eigenvalue weighted by Crippen LogP contribution is -2.30. The molecule has 0 aliphatic carbocycles. The summed E-state index contributed by atoms with van der Waals surface area (Å²) in [6.07, 6.45) is 3.90. The highest BCUT2D eigenvalue weighted by Gasteiger charge is 2.23. The third-order valence-corrected chi connectivity index (χ3v) is 8.18. The van der Waals surface area contributed by atoms with Crippen molar-refractivity contribution in [1.29, 1.82) is 0 Å². The van der Waals surface area contributed by atoms with Crippen molar-refractivity contribution >= 4 is 49.6 Å². The van der Waals surface area contributed by atoms with E-state index in [1.165, 1.54) is 16.0 Å². The van der Waals surface area contributed by atoms with Crippen molar-refractivity contribution in [3.63, 3.8) is 0 Å². The second-order valence-electron chi connectivity index (χ2n) is 8.36. The van der Waals surface area contributed by atoms with Gasteiger partial charge in [-0.1, -0.05) is 49.4 Å². The second-order valence-corrected chi connectivity index (χ2v) is 10.3. The minimum atomic E-state index is -0.327. The molecule has 4 heterocycles. The molecule has 0 spiro atoms. The first kappa shape index (κ1) is 22.7. The molecule has 1 amide bonds. The molecule has 34 heavy (non-hydrogen) atoms. The Hall–Kier alpha value is -3.04. The Morgan fingerprint density at radius 1 is 1.09 bits per heavy atom. The molecule has 0 unspecified atom stereocenters. The van der Waals surface area contributed by atoms with Gasteiger partial charge >= 0.3 is 0 Å². The molecule has 0 saturated carbocycles. The molecule has 7 nitrogen and oxygen atoms in total. The minimum Gasteiger partial charge on any atom is -0.348 e. The van der Waals surface area contributed by atoms with Crippen molar-refractivity contribution in [2.45, 2.75) is 46.1 Å². The highest BCUT2D eigenvalue weighted by atomic mass is 32.1. The lowest BCUT2D eigenvalue weighted by Gasteiger charge is -2.15. The standard InChI is InChI=1S/C25H27N5O2S2/c1-3-16-9-7-10-17(4-2)20(16)26-19(31)15-30-24(32)22-23(21(28-30)18-11-8-14-33-18)34-25(27-22)29-12-5-6-13-29/h7-11,14H,3-6,12-13,15H2,1-2H3,(H,26,31). The monoisotopic (exact) mass is 493 g/mol. The summed E-state index contributed by atoms with van der Waals surface area (Å²) in [5.41, 5.74) is 3.78. The van der Waals surface area contributed by atoms with Gasteiger partial charge in [-0.05, 0) is 48.3 Å². The van der Waals surface area contributed by atoms with Crippen LogP contribution in [-0.2, 0) is 24.2 Å². The van der Waals surface area contributed by atoms with Gasteiger partial charge in [0.15, 0.2) is 10.6 Å².